The largest absolute Gasteiger partial charge is 0.465 e. The summed E-state index contributed by atoms with van der Waals surface area (Å²) in [5.74, 6) is 1.85. The highest BCUT2D eigenvalue weighted by Gasteiger charge is 2.39. The summed E-state index contributed by atoms with van der Waals surface area (Å²) < 4.78 is 10.3. The Hall–Kier alpha value is -0.230. The summed E-state index contributed by atoms with van der Waals surface area (Å²) in [6.45, 7) is 3.02. The van der Waals surface area contributed by atoms with E-state index < -0.39 is 0 Å². The Kier molecular flexibility index (Phi) is 7.73. The van der Waals surface area contributed by atoms with E-state index in [1.807, 2.05) is 12.1 Å². The molecule has 4 atom stereocenters. The maximum atomic E-state index is 11.5. The SMILES string of the molecule is COC(=O)c1ccc(CCC[C@@H]2[C@@H](COCS)[C@H](C)C[C@H]2Cl)s1. The molecule has 1 heterocycles. The minimum Gasteiger partial charge on any atom is -0.465 e. The molecular formula is C17H25ClO3S2. The van der Waals surface area contributed by atoms with Gasteiger partial charge >= 0.3 is 5.97 Å². The second kappa shape index (κ2) is 9.30. The van der Waals surface area contributed by atoms with Crippen LogP contribution >= 0.6 is 35.6 Å². The molecule has 0 aromatic carbocycles. The van der Waals surface area contributed by atoms with E-state index in [1.54, 1.807) is 0 Å². The maximum absolute atomic E-state index is 11.5. The van der Waals surface area contributed by atoms with Gasteiger partial charge in [-0.3, -0.25) is 0 Å². The molecule has 130 valence electrons. The number of alkyl halides is 1. The lowest BCUT2D eigenvalue weighted by Crippen LogP contribution is -2.22. The van der Waals surface area contributed by atoms with Crippen molar-refractivity contribution in [3.8, 4) is 0 Å². The molecule has 6 heteroatoms. The molecule has 0 unspecified atom stereocenters. The summed E-state index contributed by atoms with van der Waals surface area (Å²) in [6.07, 6.45) is 4.23. The fourth-order valence-electron chi connectivity index (χ4n) is 3.50. The molecule has 0 radical (unpaired) electrons. The van der Waals surface area contributed by atoms with Gasteiger partial charge in [-0.25, -0.2) is 4.79 Å². The number of thiophene rings is 1. The van der Waals surface area contributed by atoms with Crippen LogP contribution in [0.5, 0.6) is 0 Å². The Balaban J connectivity index is 1.84. The van der Waals surface area contributed by atoms with Crippen LogP contribution in [0.3, 0.4) is 0 Å². The van der Waals surface area contributed by atoms with E-state index in [4.69, 9.17) is 21.1 Å². The van der Waals surface area contributed by atoms with Gasteiger partial charge in [-0.05, 0) is 55.6 Å². The minimum atomic E-state index is -0.254. The van der Waals surface area contributed by atoms with Crippen molar-refractivity contribution in [1.82, 2.24) is 0 Å². The molecule has 0 spiro atoms. The maximum Gasteiger partial charge on any atom is 0.348 e. The van der Waals surface area contributed by atoms with E-state index in [-0.39, 0.29) is 11.3 Å². The summed E-state index contributed by atoms with van der Waals surface area (Å²) in [4.78, 5) is 13.4. The van der Waals surface area contributed by atoms with E-state index in [0.717, 1.165) is 32.3 Å². The molecule has 0 saturated heterocycles. The zero-order valence-corrected chi connectivity index (χ0v) is 16.1. The molecule has 0 bridgehead atoms. The van der Waals surface area contributed by atoms with Crippen LogP contribution in [-0.2, 0) is 15.9 Å². The van der Waals surface area contributed by atoms with Gasteiger partial charge in [-0.2, -0.15) is 12.6 Å². The molecule has 2 rings (SSSR count). The number of rotatable bonds is 8. The molecule has 0 aliphatic heterocycles. The highest BCUT2D eigenvalue weighted by Crippen LogP contribution is 2.43. The molecule has 1 aromatic heterocycles. The van der Waals surface area contributed by atoms with Crippen molar-refractivity contribution < 1.29 is 14.3 Å². The Morgan fingerprint density at radius 2 is 2.22 bits per heavy atom. The first-order valence-corrected chi connectivity index (χ1v) is 9.95. The van der Waals surface area contributed by atoms with Crippen LogP contribution in [0.25, 0.3) is 0 Å². The first kappa shape index (κ1) is 19.1. The molecule has 3 nitrogen and oxygen atoms in total. The number of aryl methyl sites for hydroxylation is 1. The van der Waals surface area contributed by atoms with Gasteiger partial charge in [-0.1, -0.05) is 6.92 Å². The molecule has 0 amide bonds. The Labute approximate surface area is 153 Å². The highest BCUT2D eigenvalue weighted by atomic mass is 35.5. The van der Waals surface area contributed by atoms with Crippen molar-refractivity contribution >= 4 is 41.5 Å². The van der Waals surface area contributed by atoms with E-state index in [0.29, 0.717) is 28.6 Å². The number of methoxy groups -OCH3 is 1. The summed E-state index contributed by atoms with van der Waals surface area (Å²) in [5, 5.41) is 0.243. The lowest BCUT2D eigenvalue weighted by Gasteiger charge is -2.23. The molecule has 23 heavy (non-hydrogen) atoms. The summed E-state index contributed by atoms with van der Waals surface area (Å²) >= 11 is 12.2. The Morgan fingerprint density at radius 1 is 1.43 bits per heavy atom. The third kappa shape index (κ3) is 5.12. The van der Waals surface area contributed by atoms with Crippen molar-refractivity contribution in [3.05, 3.63) is 21.9 Å². The van der Waals surface area contributed by atoms with Gasteiger partial charge in [0.15, 0.2) is 0 Å². The van der Waals surface area contributed by atoms with Crippen LogP contribution in [-0.4, -0.2) is 31.0 Å². The second-order valence-electron chi connectivity index (χ2n) is 6.21. The minimum absolute atomic E-state index is 0.243. The zero-order chi connectivity index (χ0) is 16.8. The van der Waals surface area contributed by atoms with E-state index in [1.165, 1.54) is 23.3 Å². The number of ether oxygens (including phenoxy) is 2. The number of esters is 1. The van der Waals surface area contributed by atoms with Crippen LogP contribution in [0.4, 0.5) is 0 Å². The second-order valence-corrected chi connectivity index (χ2v) is 8.19. The van der Waals surface area contributed by atoms with Gasteiger partial charge in [0, 0.05) is 10.3 Å². The Bertz CT molecular complexity index is 506. The quantitative estimate of drug-likeness (QED) is 0.310. The molecule has 0 N–H and O–H groups in total. The van der Waals surface area contributed by atoms with Crippen LogP contribution in [0.15, 0.2) is 12.1 Å². The third-order valence-corrected chi connectivity index (χ3v) is 6.56. The standard InChI is InChI=1S/C17H25ClO3S2/c1-11-8-15(18)13(14(11)9-21-10-22)5-3-4-12-6-7-16(23-12)17(19)20-2/h6-7,11,13-15,22H,3-5,8-10H2,1-2H3/t11-,13-,14+,15-/m1/s1. The number of hydrogen-bond acceptors (Lipinski definition) is 5. The van der Waals surface area contributed by atoms with Crippen LogP contribution in [0.1, 0.15) is 40.7 Å². The summed E-state index contributed by atoms with van der Waals surface area (Å²) in [7, 11) is 1.41. The van der Waals surface area contributed by atoms with Crippen LogP contribution < -0.4 is 0 Å². The number of carbonyl (C=O) groups is 1. The Morgan fingerprint density at radius 3 is 2.91 bits per heavy atom. The van der Waals surface area contributed by atoms with Gasteiger partial charge < -0.3 is 9.47 Å². The molecule has 1 aromatic rings. The molecule has 1 saturated carbocycles. The van der Waals surface area contributed by atoms with Crippen molar-refractivity contribution in [3.63, 3.8) is 0 Å². The van der Waals surface area contributed by atoms with Gasteiger partial charge in [0.1, 0.15) is 4.88 Å². The number of hydrogen-bond donors (Lipinski definition) is 1. The number of halogens is 1. The van der Waals surface area contributed by atoms with E-state index in [2.05, 4.69) is 19.6 Å². The molecule has 1 fully saturated rings. The van der Waals surface area contributed by atoms with Crippen LogP contribution in [0, 0.1) is 17.8 Å². The fraction of sp³-hybridized carbons (Fsp3) is 0.706. The lowest BCUT2D eigenvalue weighted by atomic mass is 9.87. The van der Waals surface area contributed by atoms with Gasteiger partial charge in [0.05, 0.1) is 19.7 Å². The molecule has 1 aliphatic rings. The van der Waals surface area contributed by atoms with E-state index >= 15 is 0 Å². The van der Waals surface area contributed by atoms with Crippen molar-refractivity contribution in [2.24, 2.45) is 17.8 Å². The number of carbonyl (C=O) groups excluding carboxylic acids is 1. The van der Waals surface area contributed by atoms with Crippen molar-refractivity contribution in [2.75, 3.05) is 19.7 Å². The first-order chi connectivity index (χ1) is 11.1. The monoisotopic (exact) mass is 376 g/mol. The predicted molar refractivity (Wildman–Crippen MR) is 98.8 cm³/mol. The van der Waals surface area contributed by atoms with Gasteiger partial charge in [-0.15, -0.1) is 22.9 Å². The topological polar surface area (TPSA) is 35.5 Å². The number of thiol groups is 1. The van der Waals surface area contributed by atoms with Gasteiger partial charge in [0.25, 0.3) is 0 Å². The molecular weight excluding hydrogens is 352 g/mol. The average molecular weight is 377 g/mol. The van der Waals surface area contributed by atoms with E-state index in [9.17, 15) is 4.79 Å². The fourth-order valence-corrected chi connectivity index (χ4v) is 5.17. The first-order valence-electron chi connectivity index (χ1n) is 8.06. The molecule has 1 aliphatic carbocycles. The predicted octanol–water partition coefficient (Wildman–Crippen LogP) is 4.64. The van der Waals surface area contributed by atoms with Gasteiger partial charge in [0.2, 0.25) is 0 Å². The smallest absolute Gasteiger partial charge is 0.348 e. The summed E-state index contributed by atoms with van der Waals surface area (Å²) in [5.41, 5.74) is 0. The van der Waals surface area contributed by atoms with Crippen LogP contribution in [0.2, 0.25) is 0 Å². The average Bonchev–Trinajstić information content (AvgIpc) is 3.10. The van der Waals surface area contributed by atoms with Crippen molar-refractivity contribution in [2.45, 2.75) is 38.0 Å². The highest BCUT2D eigenvalue weighted by molar-refractivity contribution is 7.80. The lowest BCUT2D eigenvalue weighted by molar-refractivity contribution is 0.0606. The normalized spacial score (nSPS) is 27.3. The summed E-state index contributed by atoms with van der Waals surface area (Å²) in [6, 6.07) is 3.87. The third-order valence-electron chi connectivity index (χ3n) is 4.75. The zero-order valence-electron chi connectivity index (χ0n) is 13.7. The van der Waals surface area contributed by atoms with Crippen molar-refractivity contribution in [1.29, 1.82) is 0 Å².